The van der Waals surface area contributed by atoms with Crippen LogP contribution in [0.4, 0.5) is 0 Å². The van der Waals surface area contributed by atoms with Gasteiger partial charge < -0.3 is 10.0 Å². The summed E-state index contributed by atoms with van der Waals surface area (Å²) in [6.45, 7) is 0.905. The van der Waals surface area contributed by atoms with E-state index < -0.39 is 0 Å². The Morgan fingerprint density at radius 1 is 1.21 bits per heavy atom. The van der Waals surface area contributed by atoms with Crippen LogP contribution in [0.2, 0.25) is 0 Å². The summed E-state index contributed by atoms with van der Waals surface area (Å²) in [5, 5.41) is 23.5. The molecule has 24 heavy (non-hydrogen) atoms. The summed E-state index contributed by atoms with van der Waals surface area (Å²) in [6, 6.07) is 7.85. The van der Waals surface area contributed by atoms with Crippen LogP contribution in [0.25, 0.3) is 16.1 Å². The van der Waals surface area contributed by atoms with Gasteiger partial charge in [0.15, 0.2) is 0 Å². The average molecular weight is 354 g/mol. The summed E-state index contributed by atoms with van der Waals surface area (Å²) in [7, 11) is 0. The number of pyridine rings is 1. The topological polar surface area (TPSA) is 73.1 Å². The Labute approximate surface area is 147 Å². The second-order valence-electron chi connectivity index (χ2n) is 5.40. The van der Waals surface area contributed by atoms with Gasteiger partial charge in [0, 0.05) is 24.3 Å². The maximum absolute atomic E-state index is 10.4. The Balaban J connectivity index is 1.57. The van der Waals surface area contributed by atoms with E-state index in [0.29, 0.717) is 29.5 Å². The molecule has 0 saturated carbocycles. The largest absolute Gasteiger partial charge is 0.510 e. The highest BCUT2D eigenvalue weighted by Gasteiger charge is 2.30. The molecule has 4 heterocycles. The molecule has 3 aromatic rings. The van der Waals surface area contributed by atoms with Crippen molar-refractivity contribution in [3.63, 3.8) is 0 Å². The first kappa shape index (κ1) is 15.0. The van der Waals surface area contributed by atoms with E-state index in [1.54, 1.807) is 23.7 Å². The number of aliphatic hydroxyl groups excluding tert-OH is 1. The molecule has 0 bridgehead atoms. The predicted octanol–water partition coefficient (Wildman–Crippen LogP) is 4.03. The van der Waals surface area contributed by atoms with Crippen LogP contribution in [0.5, 0.6) is 0 Å². The highest BCUT2D eigenvalue weighted by Crippen LogP contribution is 2.33. The van der Waals surface area contributed by atoms with E-state index >= 15 is 0 Å². The summed E-state index contributed by atoms with van der Waals surface area (Å²) in [5.41, 5.74) is 2.49. The van der Waals surface area contributed by atoms with Gasteiger partial charge in [0.1, 0.15) is 16.6 Å². The lowest BCUT2D eigenvalue weighted by atomic mass is 10.2. The SMILES string of the molecule is N=C1C(c2nc(-c3cccs3)cs2)=C(O)CN1Cc1ccncc1. The van der Waals surface area contributed by atoms with Gasteiger partial charge in [-0.3, -0.25) is 10.4 Å². The molecular formula is C17H14N4OS2. The van der Waals surface area contributed by atoms with Crippen molar-refractivity contribution in [1.82, 2.24) is 14.9 Å². The Kier molecular flexibility index (Phi) is 3.87. The van der Waals surface area contributed by atoms with Crippen LogP contribution in [0.15, 0.2) is 53.2 Å². The highest BCUT2D eigenvalue weighted by molar-refractivity contribution is 7.14. The first-order valence-electron chi connectivity index (χ1n) is 7.37. The molecule has 0 atom stereocenters. The normalized spacial score (nSPS) is 14.7. The Morgan fingerprint density at radius 3 is 2.79 bits per heavy atom. The van der Waals surface area contributed by atoms with E-state index in [4.69, 9.17) is 5.41 Å². The summed E-state index contributed by atoms with van der Waals surface area (Å²) in [4.78, 5) is 11.5. The quantitative estimate of drug-likeness (QED) is 0.742. The fourth-order valence-electron chi connectivity index (χ4n) is 2.63. The number of thiazole rings is 1. The number of hydrogen-bond acceptors (Lipinski definition) is 6. The van der Waals surface area contributed by atoms with Gasteiger partial charge in [0.05, 0.1) is 22.7 Å². The molecule has 0 amide bonds. The van der Waals surface area contributed by atoms with Gasteiger partial charge in [-0.15, -0.1) is 22.7 Å². The van der Waals surface area contributed by atoms with Gasteiger partial charge in [-0.05, 0) is 29.1 Å². The standard InChI is InChI=1S/C17H14N4OS2/c18-16-15(17-20-12(10-24-17)14-2-1-7-23-14)13(22)9-21(16)8-11-3-5-19-6-4-11/h1-7,10,18,22H,8-9H2. The van der Waals surface area contributed by atoms with Gasteiger partial charge >= 0.3 is 0 Å². The molecule has 2 N–H and O–H groups in total. The van der Waals surface area contributed by atoms with Crippen LogP contribution in [0.3, 0.4) is 0 Å². The van der Waals surface area contributed by atoms with Crippen LogP contribution in [-0.4, -0.2) is 32.4 Å². The first-order valence-corrected chi connectivity index (χ1v) is 9.13. The molecule has 5 nitrogen and oxygen atoms in total. The molecule has 0 unspecified atom stereocenters. The minimum atomic E-state index is 0.209. The van der Waals surface area contributed by atoms with Crippen molar-refractivity contribution >= 4 is 34.1 Å². The van der Waals surface area contributed by atoms with Crippen molar-refractivity contribution in [3.8, 4) is 10.6 Å². The second-order valence-corrected chi connectivity index (χ2v) is 7.20. The molecule has 0 spiro atoms. The van der Waals surface area contributed by atoms with Crippen LogP contribution in [-0.2, 0) is 6.54 Å². The van der Waals surface area contributed by atoms with Crippen LogP contribution >= 0.6 is 22.7 Å². The number of aliphatic hydroxyl groups is 1. The number of aromatic nitrogens is 2. The van der Waals surface area contributed by atoms with E-state index in [0.717, 1.165) is 16.1 Å². The lowest BCUT2D eigenvalue weighted by molar-refractivity contribution is 0.347. The monoisotopic (exact) mass is 354 g/mol. The molecule has 1 aliphatic rings. The smallest absolute Gasteiger partial charge is 0.135 e. The van der Waals surface area contributed by atoms with Crippen molar-refractivity contribution in [2.75, 3.05) is 6.54 Å². The predicted molar refractivity (Wildman–Crippen MR) is 97.3 cm³/mol. The van der Waals surface area contributed by atoms with E-state index in [9.17, 15) is 5.11 Å². The zero-order valence-corrected chi connectivity index (χ0v) is 14.3. The number of rotatable bonds is 4. The number of nitrogens with zero attached hydrogens (tertiary/aromatic N) is 3. The van der Waals surface area contributed by atoms with Gasteiger partial charge in [0.25, 0.3) is 0 Å². The van der Waals surface area contributed by atoms with E-state index in [1.807, 2.05) is 39.9 Å². The van der Waals surface area contributed by atoms with Crippen molar-refractivity contribution in [1.29, 1.82) is 5.41 Å². The summed E-state index contributed by atoms with van der Waals surface area (Å²) >= 11 is 3.09. The summed E-state index contributed by atoms with van der Waals surface area (Å²) in [6.07, 6.45) is 3.47. The number of thiophene rings is 1. The first-order chi connectivity index (χ1) is 11.7. The minimum absolute atomic E-state index is 0.209. The van der Waals surface area contributed by atoms with Crippen molar-refractivity contribution < 1.29 is 5.11 Å². The molecule has 1 aliphatic heterocycles. The number of hydrogen-bond donors (Lipinski definition) is 2. The van der Waals surface area contributed by atoms with Crippen LogP contribution in [0.1, 0.15) is 10.6 Å². The Morgan fingerprint density at radius 2 is 2.04 bits per heavy atom. The zero-order valence-electron chi connectivity index (χ0n) is 12.6. The molecule has 4 rings (SSSR count). The second kappa shape index (κ2) is 6.18. The van der Waals surface area contributed by atoms with E-state index in [1.165, 1.54) is 11.3 Å². The molecule has 0 aromatic carbocycles. The Bertz CT molecular complexity index is 900. The van der Waals surface area contributed by atoms with Gasteiger partial charge in [-0.1, -0.05) is 6.07 Å². The third-order valence-corrected chi connectivity index (χ3v) is 5.55. The molecule has 0 fully saturated rings. The molecule has 0 saturated heterocycles. The van der Waals surface area contributed by atoms with Crippen molar-refractivity contribution in [3.05, 3.63) is 63.7 Å². The molecular weight excluding hydrogens is 340 g/mol. The van der Waals surface area contributed by atoms with E-state index in [-0.39, 0.29) is 5.76 Å². The fourth-order valence-corrected chi connectivity index (χ4v) is 4.28. The van der Waals surface area contributed by atoms with Crippen LogP contribution < -0.4 is 0 Å². The van der Waals surface area contributed by atoms with Gasteiger partial charge in [-0.2, -0.15) is 0 Å². The molecule has 0 radical (unpaired) electrons. The Hall–Kier alpha value is -2.51. The minimum Gasteiger partial charge on any atom is -0.510 e. The van der Waals surface area contributed by atoms with Gasteiger partial charge in [0.2, 0.25) is 0 Å². The third kappa shape index (κ3) is 2.72. The third-order valence-electron chi connectivity index (χ3n) is 3.80. The van der Waals surface area contributed by atoms with Gasteiger partial charge in [-0.25, -0.2) is 4.98 Å². The molecule has 7 heteroatoms. The molecule has 120 valence electrons. The molecule has 3 aromatic heterocycles. The van der Waals surface area contributed by atoms with Crippen molar-refractivity contribution in [2.45, 2.75) is 6.54 Å². The van der Waals surface area contributed by atoms with Crippen LogP contribution in [0, 0.1) is 5.41 Å². The zero-order chi connectivity index (χ0) is 16.5. The number of amidine groups is 1. The number of nitrogens with one attached hydrogen (secondary N) is 1. The maximum atomic E-state index is 10.4. The summed E-state index contributed by atoms with van der Waals surface area (Å²) < 4.78 is 0. The lowest BCUT2D eigenvalue weighted by Crippen LogP contribution is -2.26. The van der Waals surface area contributed by atoms with E-state index in [2.05, 4.69) is 9.97 Å². The maximum Gasteiger partial charge on any atom is 0.135 e. The molecule has 0 aliphatic carbocycles. The lowest BCUT2D eigenvalue weighted by Gasteiger charge is -2.18. The van der Waals surface area contributed by atoms with Crippen molar-refractivity contribution in [2.24, 2.45) is 0 Å². The fraction of sp³-hybridized carbons (Fsp3) is 0.118. The summed E-state index contributed by atoms with van der Waals surface area (Å²) in [5.74, 6) is 0.525. The highest BCUT2D eigenvalue weighted by atomic mass is 32.1. The average Bonchev–Trinajstić information content (AvgIpc) is 3.30.